The van der Waals surface area contributed by atoms with E-state index in [0.29, 0.717) is 11.4 Å². The summed E-state index contributed by atoms with van der Waals surface area (Å²) in [5, 5.41) is 8.90. The number of anilines is 2. The molecule has 6 nitrogen and oxygen atoms in total. The van der Waals surface area contributed by atoms with Gasteiger partial charge in [0.1, 0.15) is 11.8 Å². The standard InChI is InChI=1S/C13H16N2O4/c1-14-9-5-4-8(19-3)6-10(9)15(2)13(18)11(14)7-12(16)17/h4-6,11H,7H2,1-3H3,(H,16,17). The molecule has 1 atom stereocenters. The van der Waals surface area contributed by atoms with Crippen molar-refractivity contribution in [3.63, 3.8) is 0 Å². The Morgan fingerprint density at radius 1 is 1.37 bits per heavy atom. The number of benzene rings is 1. The fourth-order valence-electron chi connectivity index (χ4n) is 2.26. The van der Waals surface area contributed by atoms with Crippen LogP contribution in [0.3, 0.4) is 0 Å². The molecule has 1 N–H and O–H groups in total. The van der Waals surface area contributed by atoms with E-state index in [9.17, 15) is 9.59 Å². The van der Waals surface area contributed by atoms with Gasteiger partial charge in [0, 0.05) is 20.2 Å². The molecule has 1 aliphatic rings. The van der Waals surface area contributed by atoms with E-state index in [4.69, 9.17) is 9.84 Å². The predicted octanol–water partition coefficient (Wildman–Crippen LogP) is 0.951. The number of amides is 1. The summed E-state index contributed by atoms with van der Waals surface area (Å²) in [6.07, 6.45) is -0.217. The predicted molar refractivity (Wildman–Crippen MR) is 70.8 cm³/mol. The van der Waals surface area contributed by atoms with Gasteiger partial charge in [0.15, 0.2) is 0 Å². The third kappa shape index (κ3) is 2.21. The van der Waals surface area contributed by atoms with Gasteiger partial charge in [-0.3, -0.25) is 9.59 Å². The van der Waals surface area contributed by atoms with Crippen LogP contribution in [0.5, 0.6) is 5.75 Å². The highest BCUT2D eigenvalue weighted by Crippen LogP contribution is 2.37. The fraction of sp³-hybridized carbons (Fsp3) is 0.385. The number of carbonyl (C=O) groups is 2. The third-order valence-corrected chi connectivity index (χ3v) is 3.38. The minimum atomic E-state index is -0.990. The van der Waals surface area contributed by atoms with Gasteiger partial charge in [-0.15, -0.1) is 0 Å². The highest BCUT2D eigenvalue weighted by Gasteiger charge is 2.36. The van der Waals surface area contributed by atoms with Gasteiger partial charge < -0.3 is 19.6 Å². The van der Waals surface area contributed by atoms with Crippen LogP contribution in [0.2, 0.25) is 0 Å². The van der Waals surface area contributed by atoms with Crippen molar-refractivity contribution in [3.05, 3.63) is 18.2 Å². The fourth-order valence-corrected chi connectivity index (χ4v) is 2.26. The zero-order valence-corrected chi connectivity index (χ0v) is 11.1. The SMILES string of the molecule is COc1ccc2c(c1)N(C)C(=O)C(CC(=O)O)N2C. The molecule has 2 rings (SSSR count). The van der Waals surface area contributed by atoms with E-state index < -0.39 is 12.0 Å². The quantitative estimate of drug-likeness (QED) is 0.880. The van der Waals surface area contributed by atoms with Gasteiger partial charge >= 0.3 is 5.97 Å². The molecule has 0 aliphatic carbocycles. The molecule has 0 aromatic heterocycles. The van der Waals surface area contributed by atoms with E-state index in [1.807, 2.05) is 6.07 Å². The zero-order chi connectivity index (χ0) is 14.2. The summed E-state index contributed by atoms with van der Waals surface area (Å²) in [4.78, 5) is 26.3. The van der Waals surface area contributed by atoms with Crippen molar-refractivity contribution in [2.75, 3.05) is 31.0 Å². The molecule has 6 heteroatoms. The van der Waals surface area contributed by atoms with Crippen LogP contribution in [0, 0.1) is 0 Å². The van der Waals surface area contributed by atoms with Crippen LogP contribution < -0.4 is 14.5 Å². The Balaban J connectivity index is 2.45. The van der Waals surface area contributed by atoms with Gasteiger partial charge in [-0.2, -0.15) is 0 Å². The van der Waals surface area contributed by atoms with Gasteiger partial charge in [0.05, 0.1) is 24.9 Å². The molecule has 0 bridgehead atoms. The van der Waals surface area contributed by atoms with Gasteiger partial charge in [-0.05, 0) is 12.1 Å². The first-order valence-corrected chi connectivity index (χ1v) is 5.86. The first-order chi connectivity index (χ1) is 8.95. The Kier molecular flexibility index (Phi) is 3.33. The van der Waals surface area contributed by atoms with Crippen LogP contribution in [0.25, 0.3) is 0 Å². The van der Waals surface area contributed by atoms with Crippen molar-refractivity contribution < 1.29 is 19.4 Å². The number of carboxylic acid groups (broad SMARTS) is 1. The van der Waals surface area contributed by atoms with Crippen molar-refractivity contribution in [1.82, 2.24) is 0 Å². The molecule has 102 valence electrons. The number of methoxy groups -OCH3 is 1. The minimum absolute atomic E-state index is 0.217. The zero-order valence-electron chi connectivity index (χ0n) is 11.1. The lowest BCUT2D eigenvalue weighted by Gasteiger charge is -2.39. The lowest BCUT2D eigenvalue weighted by Crippen LogP contribution is -2.51. The summed E-state index contributed by atoms with van der Waals surface area (Å²) >= 11 is 0. The maximum Gasteiger partial charge on any atom is 0.305 e. The highest BCUT2D eigenvalue weighted by atomic mass is 16.5. The first kappa shape index (κ1) is 13.2. The molecule has 1 aliphatic heterocycles. The highest BCUT2D eigenvalue weighted by molar-refractivity contribution is 6.06. The maximum absolute atomic E-state index is 12.2. The molecule has 0 radical (unpaired) electrons. The molecule has 19 heavy (non-hydrogen) atoms. The van der Waals surface area contributed by atoms with Crippen LogP contribution in [-0.2, 0) is 9.59 Å². The Morgan fingerprint density at radius 2 is 2.05 bits per heavy atom. The summed E-state index contributed by atoms with van der Waals surface area (Å²) in [5.74, 6) is -0.565. The molecule has 1 aromatic carbocycles. The molecule has 0 spiro atoms. The first-order valence-electron chi connectivity index (χ1n) is 5.86. The van der Waals surface area contributed by atoms with Crippen LogP contribution in [0.4, 0.5) is 11.4 Å². The molecule has 0 fully saturated rings. The summed E-state index contributed by atoms with van der Waals surface area (Å²) in [7, 11) is 4.93. The Morgan fingerprint density at radius 3 is 2.63 bits per heavy atom. The number of carbonyl (C=O) groups excluding carboxylic acids is 1. The summed E-state index contributed by atoms with van der Waals surface area (Å²) < 4.78 is 5.14. The van der Waals surface area contributed by atoms with Crippen LogP contribution in [0.15, 0.2) is 18.2 Å². The molecule has 0 saturated heterocycles. The van der Waals surface area contributed by atoms with E-state index in [-0.39, 0.29) is 12.3 Å². The molecule has 1 heterocycles. The molecular formula is C13H16N2O4. The van der Waals surface area contributed by atoms with Crippen molar-refractivity contribution in [1.29, 1.82) is 0 Å². The van der Waals surface area contributed by atoms with Crippen molar-refractivity contribution >= 4 is 23.3 Å². The second-order valence-electron chi connectivity index (χ2n) is 4.48. The number of likely N-dealkylation sites (N-methyl/N-ethyl adjacent to an activating group) is 2. The topological polar surface area (TPSA) is 70.1 Å². The lowest BCUT2D eigenvalue weighted by molar-refractivity contribution is -0.139. The number of ether oxygens (including phenoxy) is 1. The number of fused-ring (bicyclic) bond motifs is 1. The Bertz CT molecular complexity index is 529. The summed E-state index contributed by atoms with van der Waals surface area (Å²) in [5.41, 5.74) is 1.53. The largest absolute Gasteiger partial charge is 0.497 e. The second kappa shape index (κ2) is 4.79. The van der Waals surface area contributed by atoms with Crippen molar-refractivity contribution in [3.8, 4) is 5.75 Å². The van der Waals surface area contributed by atoms with Gasteiger partial charge in [-0.1, -0.05) is 0 Å². The van der Waals surface area contributed by atoms with E-state index in [1.54, 1.807) is 38.2 Å². The Labute approximate surface area is 111 Å². The van der Waals surface area contributed by atoms with Crippen molar-refractivity contribution in [2.45, 2.75) is 12.5 Å². The Hall–Kier alpha value is -2.24. The van der Waals surface area contributed by atoms with Crippen LogP contribution in [-0.4, -0.2) is 44.2 Å². The van der Waals surface area contributed by atoms with E-state index in [0.717, 1.165) is 5.69 Å². The van der Waals surface area contributed by atoms with Gasteiger partial charge in [0.25, 0.3) is 0 Å². The summed E-state index contributed by atoms with van der Waals surface area (Å²) in [6, 6.07) is 4.70. The van der Waals surface area contributed by atoms with Gasteiger partial charge in [0.2, 0.25) is 5.91 Å². The van der Waals surface area contributed by atoms with E-state index >= 15 is 0 Å². The summed E-state index contributed by atoms with van der Waals surface area (Å²) in [6.45, 7) is 0. The molecule has 1 amide bonds. The van der Waals surface area contributed by atoms with E-state index in [2.05, 4.69) is 0 Å². The van der Waals surface area contributed by atoms with Crippen LogP contribution in [0.1, 0.15) is 6.42 Å². The molecule has 1 unspecified atom stereocenters. The average Bonchev–Trinajstić information content (AvgIpc) is 2.40. The van der Waals surface area contributed by atoms with Crippen molar-refractivity contribution in [2.24, 2.45) is 0 Å². The third-order valence-electron chi connectivity index (χ3n) is 3.38. The maximum atomic E-state index is 12.2. The number of hydrogen-bond acceptors (Lipinski definition) is 4. The number of aliphatic carboxylic acids is 1. The average molecular weight is 264 g/mol. The number of carboxylic acids is 1. The lowest BCUT2D eigenvalue weighted by atomic mass is 10.0. The van der Waals surface area contributed by atoms with E-state index in [1.165, 1.54) is 4.90 Å². The molecular weight excluding hydrogens is 248 g/mol. The number of rotatable bonds is 3. The molecule has 0 saturated carbocycles. The number of nitrogens with zero attached hydrogens (tertiary/aromatic N) is 2. The smallest absolute Gasteiger partial charge is 0.305 e. The van der Waals surface area contributed by atoms with Gasteiger partial charge in [-0.25, -0.2) is 0 Å². The van der Waals surface area contributed by atoms with Crippen LogP contribution >= 0.6 is 0 Å². The monoisotopic (exact) mass is 264 g/mol. The second-order valence-corrected chi connectivity index (χ2v) is 4.48. The minimum Gasteiger partial charge on any atom is -0.497 e. The normalized spacial score (nSPS) is 18.3. The molecule has 1 aromatic rings. The number of hydrogen-bond donors (Lipinski definition) is 1.